The van der Waals surface area contributed by atoms with Gasteiger partial charge in [-0.2, -0.15) is 0 Å². The van der Waals surface area contributed by atoms with Crippen molar-refractivity contribution in [2.24, 2.45) is 0 Å². The monoisotopic (exact) mass is 298 g/mol. The number of hydrogen-bond donors (Lipinski definition) is 1. The predicted octanol–water partition coefficient (Wildman–Crippen LogP) is 0.866. The van der Waals surface area contributed by atoms with Crippen LogP contribution in [0.1, 0.15) is 13.8 Å². The first-order valence-corrected chi connectivity index (χ1v) is 6.38. The van der Waals surface area contributed by atoms with Crippen molar-refractivity contribution in [2.45, 2.75) is 13.8 Å². The number of carbonyl (C=O) groups excluding carboxylic acids is 3. The van der Waals surface area contributed by atoms with Crippen LogP contribution in [0.25, 0.3) is 0 Å². The third-order valence-electron chi connectivity index (χ3n) is 2.42. The van der Waals surface area contributed by atoms with Crippen molar-refractivity contribution < 1.29 is 23.9 Å². The first-order valence-electron chi connectivity index (χ1n) is 6.38. The van der Waals surface area contributed by atoms with E-state index in [9.17, 15) is 14.4 Å². The number of ether oxygens (including phenoxy) is 2. The zero-order chi connectivity index (χ0) is 16.4. The second kappa shape index (κ2) is 9.57. The largest absolute Gasteiger partial charge is 0.466 e. The van der Waals surface area contributed by atoms with Crippen molar-refractivity contribution in [2.75, 3.05) is 33.4 Å². The molecule has 0 radical (unpaired) electrons. The molecule has 1 rings (SSSR count). The number of hydrogen-bond acceptors (Lipinski definition) is 5. The fraction of sp³-hybridized carbons (Fsp3) is 0.500. The van der Waals surface area contributed by atoms with Gasteiger partial charge in [0.1, 0.15) is 6.61 Å². The van der Waals surface area contributed by atoms with E-state index < -0.39 is 5.97 Å². The molecule has 0 aromatic carbocycles. The summed E-state index contributed by atoms with van der Waals surface area (Å²) in [4.78, 5) is 33.8. The topological polar surface area (TPSA) is 84.9 Å². The quantitative estimate of drug-likeness (QED) is 0.601. The highest BCUT2D eigenvalue weighted by Gasteiger charge is 2.18. The number of carbonyl (C=O) groups is 3. The fourth-order valence-corrected chi connectivity index (χ4v) is 1.27. The Morgan fingerprint density at radius 3 is 2.14 bits per heavy atom. The minimum Gasteiger partial charge on any atom is -0.466 e. The molecule has 21 heavy (non-hydrogen) atoms. The van der Waals surface area contributed by atoms with Crippen LogP contribution in [-0.2, 0) is 19.1 Å². The van der Waals surface area contributed by atoms with Gasteiger partial charge in [-0.25, -0.2) is 14.4 Å². The number of urea groups is 1. The van der Waals surface area contributed by atoms with Gasteiger partial charge in [0.05, 0.1) is 13.7 Å². The summed E-state index contributed by atoms with van der Waals surface area (Å²) in [5.41, 5.74) is 0.804. The van der Waals surface area contributed by atoms with Crippen molar-refractivity contribution in [3.05, 3.63) is 24.3 Å². The number of esters is 2. The van der Waals surface area contributed by atoms with E-state index in [0.717, 1.165) is 0 Å². The van der Waals surface area contributed by atoms with Crippen molar-refractivity contribution >= 4 is 18.0 Å². The molecular weight excluding hydrogens is 276 g/mol. The summed E-state index contributed by atoms with van der Waals surface area (Å²) in [5.74, 6) is -0.760. The molecule has 2 amide bonds. The SMILES string of the molecule is C=C(C)C(=O)OC.C=C(C)C(=O)OCCN1CCNC1=O. The summed E-state index contributed by atoms with van der Waals surface area (Å²) in [6, 6.07) is -0.101. The van der Waals surface area contributed by atoms with Gasteiger partial charge in [0.2, 0.25) is 0 Å². The van der Waals surface area contributed by atoms with Crippen LogP contribution in [0.3, 0.4) is 0 Å². The maximum absolute atomic E-state index is 11.0. The van der Waals surface area contributed by atoms with Crippen LogP contribution >= 0.6 is 0 Å². The third-order valence-corrected chi connectivity index (χ3v) is 2.42. The summed E-state index contributed by atoms with van der Waals surface area (Å²) in [6.45, 7) is 12.0. The number of methoxy groups -OCH3 is 1. The van der Waals surface area contributed by atoms with Crippen LogP contribution in [0.4, 0.5) is 4.79 Å². The molecule has 118 valence electrons. The van der Waals surface area contributed by atoms with Gasteiger partial charge in [0.15, 0.2) is 0 Å². The van der Waals surface area contributed by atoms with E-state index in [1.54, 1.807) is 18.7 Å². The average molecular weight is 298 g/mol. The van der Waals surface area contributed by atoms with E-state index in [4.69, 9.17) is 4.74 Å². The summed E-state index contributed by atoms with van der Waals surface area (Å²) in [7, 11) is 1.33. The maximum atomic E-state index is 11.0. The highest BCUT2D eigenvalue weighted by molar-refractivity contribution is 5.87. The van der Waals surface area contributed by atoms with Crippen LogP contribution in [-0.4, -0.2) is 56.2 Å². The molecule has 1 N–H and O–H groups in total. The Balaban J connectivity index is 0.000000486. The lowest BCUT2D eigenvalue weighted by Gasteiger charge is -2.13. The Kier molecular flexibility index (Phi) is 8.52. The van der Waals surface area contributed by atoms with Crippen LogP contribution in [0.15, 0.2) is 24.3 Å². The molecule has 0 aliphatic carbocycles. The molecule has 0 aromatic rings. The third kappa shape index (κ3) is 7.76. The zero-order valence-corrected chi connectivity index (χ0v) is 12.7. The average Bonchev–Trinajstić information content (AvgIpc) is 2.83. The first-order chi connectivity index (χ1) is 9.79. The number of rotatable bonds is 5. The normalized spacial score (nSPS) is 12.7. The van der Waals surface area contributed by atoms with E-state index in [1.807, 2.05) is 0 Å². The van der Waals surface area contributed by atoms with Gasteiger partial charge in [-0.1, -0.05) is 13.2 Å². The van der Waals surface area contributed by atoms with Gasteiger partial charge >= 0.3 is 18.0 Å². The molecule has 7 heteroatoms. The van der Waals surface area contributed by atoms with Crippen molar-refractivity contribution in [1.29, 1.82) is 0 Å². The molecular formula is C14H22N2O5. The van der Waals surface area contributed by atoms with E-state index in [-0.39, 0.29) is 18.6 Å². The minimum atomic E-state index is -0.412. The maximum Gasteiger partial charge on any atom is 0.333 e. The highest BCUT2D eigenvalue weighted by atomic mass is 16.5. The van der Waals surface area contributed by atoms with Crippen molar-refractivity contribution in [3.8, 4) is 0 Å². The van der Waals surface area contributed by atoms with E-state index in [1.165, 1.54) is 7.11 Å². The summed E-state index contributed by atoms with van der Waals surface area (Å²) >= 11 is 0. The standard InChI is InChI=1S/C9H14N2O3.C5H8O2/c1-7(2)8(12)14-6-5-11-4-3-10-9(11)13;1-4(2)5(6)7-3/h1,3-6H2,2H3,(H,10,13);1H2,2-3H3. The molecule has 0 spiro atoms. The Morgan fingerprint density at radius 1 is 1.24 bits per heavy atom. The van der Waals surface area contributed by atoms with Crippen LogP contribution in [0.2, 0.25) is 0 Å². The molecule has 0 bridgehead atoms. The molecule has 0 unspecified atom stereocenters. The Bertz CT molecular complexity index is 431. The fourth-order valence-electron chi connectivity index (χ4n) is 1.27. The van der Waals surface area contributed by atoms with E-state index >= 15 is 0 Å². The lowest BCUT2D eigenvalue weighted by atomic mass is 10.4. The molecule has 1 saturated heterocycles. The smallest absolute Gasteiger partial charge is 0.333 e. The van der Waals surface area contributed by atoms with E-state index in [0.29, 0.717) is 30.8 Å². The molecule has 1 fully saturated rings. The van der Waals surface area contributed by atoms with Gasteiger partial charge in [-0.15, -0.1) is 0 Å². The molecule has 0 atom stereocenters. The summed E-state index contributed by atoms with van der Waals surface area (Å²) in [6.07, 6.45) is 0. The van der Waals surface area contributed by atoms with Gasteiger partial charge in [0.25, 0.3) is 0 Å². The van der Waals surface area contributed by atoms with Gasteiger partial charge in [-0.05, 0) is 13.8 Å². The van der Waals surface area contributed by atoms with E-state index in [2.05, 4.69) is 23.2 Å². The van der Waals surface area contributed by atoms with Crippen molar-refractivity contribution in [3.63, 3.8) is 0 Å². The molecule has 0 aromatic heterocycles. The van der Waals surface area contributed by atoms with Gasteiger partial charge in [0, 0.05) is 24.2 Å². The molecule has 7 nitrogen and oxygen atoms in total. The minimum absolute atomic E-state index is 0.101. The second-order valence-corrected chi connectivity index (χ2v) is 4.41. The molecule has 1 aliphatic rings. The number of nitrogens with one attached hydrogen (secondary N) is 1. The molecule has 1 aliphatic heterocycles. The molecule has 1 heterocycles. The van der Waals surface area contributed by atoms with Gasteiger partial charge < -0.3 is 19.7 Å². The second-order valence-electron chi connectivity index (χ2n) is 4.41. The van der Waals surface area contributed by atoms with Crippen LogP contribution in [0.5, 0.6) is 0 Å². The summed E-state index contributed by atoms with van der Waals surface area (Å²) < 4.78 is 9.13. The van der Waals surface area contributed by atoms with Crippen molar-refractivity contribution in [1.82, 2.24) is 10.2 Å². The Hall–Kier alpha value is -2.31. The Morgan fingerprint density at radius 2 is 1.81 bits per heavy atom. The Labute approximate surface area is 124 Å². The highest BCUT2D eigenvalue weighted by Crippen LogP contribution is 1.97. The lowest BCUT2D eigenvalue weighted by Crippen LogP contribution is -2.31. The zero-order valence-electron chi connectivity index (χ0n) is 12.7. The lowest BCUT2D eigenvalue weighted by molar-refractivity contribution is -0.139. The number of amides is 2. The predicted molar refractivity (Wildman–Crippen MR) is 77.6 cm³/mol. The van der Waals surface area contributed by atoms with Gasteiger partial charge in [-0.3, -0.25) is 0 Å². The van der Waals surface area contributed by atoms with Crippen LogP contribution in [0, 0.1) is 0 Å². The van der Waals surface area contributed by atoms with Crippen LogP contribution < -0.4 is 5.32 Å². The number of nitrogens with zero attached hydrogens (tertiary/aromatic N) is 1. The summed E-state index contributed by atoms with van der Waals surface area (Å²) in [5, 5.41) is 2.66. The first kappa shape index (κ1) is 18.7. The molecule has 0 saturated carbocycles.